The van der Waals surface area contributed by atoms with Crippen LogP contribution >= 0.6 is 11.6 Å². The molecule has 0 bridgehead atoms. The molecule has 0 saturated heterocycles. The molecule has 1 N–H and O–H groups in total. The molecule has 1 aromatic rings. The Morgan fingerprint density at radius 3 is 2.12 bits per heavy atom. The summed E-state index contributed by atoms with van der Waals surface area (Å²) in [6.07, 6.45) is -4.82. The smallest absolute Gasteiger partial charge is 0.508 e. The van der Waals surface area contributed by atoms with Crippen molar-refractivity contribution in [3.05, 3.63) is 22.7 Å². The summed E-state index contributed by atoms with van der Waals surface area (Å²) in [6.45, 7) is 5.09. The van der Waals surface area contributed by atoms with Crippen molar-refractivity contribution in [3.63, 3.8) is 0 Å². The normalized spacial score (nSPS) is 12.6. The third kappa shape index (κ3) is 3.70. The lowest BCUT2D eigenvalue weighted by molar-refractivity contribution is -0.275. The highest BCUT2D eigenvalue weighted by molar-refractivity contribution is 6.32. The maximum absolute atomic E-state index is 12.2. The molecule has 0 saturated carbocycles. The van der Waals surface area contributed by atoms with E-state index in [0.717, 1.165) is 6.07 Å². The average molecular weight is 269 g/mol. The zero-order valence-electron chi connectivity index (χ0n) is 9.52. The van der Waals surface area contributed by atoms with E-state index in [4.69, 9.17) is 11.6 Å². The van der Waals surface area contributed by atoms with Crippen LogP contribution in [0.3, 0.4) is 0 Å². The van der Waals surface area contributed by atoms with E-state index in [-0.39, 0.29) is 16.3 Å². The van der Waals surface area contributed by atoms with Gasteiger partial charge in [-0.05, 0) is 11.5 Å². The zero-order valence-corrected chi connectivity index (χ0v) is 10.3. The molecule has 6 heteroatoms. The van der Waals surface area contributed by atoms with Crippen LogP contribution in [0.2, 0.25) is 5.02 Å². The second-order valence-corrected chi connectivity index (χ2v) is 5.01. The van der Waals surface area contributed by atoms with Gasteiger partial charge in [-0.3, -0.25) is 0 Å². The molecule has 1 rings (SSSR count). The molecular formula is C11H12ClF3O2. The summed E-state index contributed by atoms with van der Waals surface area (Å²) >= 11 is 5.66. The van der Waals surface area contributed by atoms with Crippen molar-refractivity contribution < 1.29 is 23.0 Å². The van der Waals surface area contributed by atoms with Crippen molar-refractivity contribution in [2.45, 2.75) is 32.5 Å². The minimum atomic E-state index is -4.82. The Labute approximate surface area is 102 Å². The number of hydrogen-bond acceptors (Lipinski definition) is 2. The van der Waals surface area contributed by atoms with Gasteiger partial charge < -0.3 is 9.84 Å². The number of benzene rings is 1. The van der Waals surface area contributed by atoms with Crippen LogP contribution in [0, 0.1) is 0 Å². The first-order valence-electron chi connectivity index (χ1n) is 4.79. The third-order valence-corrected chi connectivity index (χ3v) is 2.33. The van der Waals surface area contributed by atoms with Crippen LogP contribution in [0.4, 0.5) is 13.2 Å². The van der Waals surface area contributed by atoms with Gasteiger partial charge in [0.15, 0.2) is 5.75 Å². The Balaban J connectivity index is 3.36. The monoisotopic (exact) mass is 268 g/mol. The summed E-state index contributed by atoms with van der Waals surface area (Å²) in [7, 11) is 0. The summed E-state index contributed by atoms with van der Waals surface area (Å²) in [6, 6.07) is 2.23. The molecule has 0 aliphatic carbocycles. The van der Waals surface area contributed by atoms with Crippen molar-refractivity contribution in [2.75, 3.05) is 0 Å². The molecule has 0 spiro atoms. The van der Waals surface area contributed by atoms with Crippen LogP contribution in [-0.2, 0) is 5.41 Å². The lowest BCUT2D eigenvalue weighted by Crippen LogP contribution is -2.21. The van der Waals surface area contributed by atoms with Crippen molar-refractivity contribution in [1.82, 2.24) is 0 Å². The third-order valence-electron chi connectivity index (χ3n) is 2.05. The highest BCUT2D eigenvalue weighted by Gasteiger charge is 2.35. The molecule has 0 radical (unpaired) electrons. The summed E-state index contributed by atoms with van der Waals surface area (Å²) in [5.41, 5.74) is -0.442. The number of alkyl halides is 3. The number of phenolic OH excluding ortho intramolecular Hbond substituents is 1. The Hall–Kier alpha value is -1.10. The van der Waals surface area contributed by atoms with E-state index in [9.17, 15) is 18.3 Å². The number of hydrogen-bond donors (Lipinski definition) is 1. The molecule has 0 atom stereocenters. The van der Waals surface area contributed by atoms with Crippen LogP contribution in [0.15, 0.2) is 12.1 Å². The van der Waals surface area contributed by atoms with Crippen molar-refractivity contribution in [2.24, 2.45) is 0 Å². The highest BCUT2D eigenvalue weighted by atomic mass is 35.5. The van der Waals surface area contributed by atoms with E-state index in [0.29, 0.717) is 0 Å². The number of aromatic hydroxyl groups is 1. The van der Waals surface area contributed by atoms with Gasteiger partial charge in [0, 0.05) is 11.6 Å². The van der Waals surface area contributed by atoms with E-state index < -0.39 is 17.5 Å². The molecule has 17 heavy (non-hydrogen) atoms. The van der Waals surface area contributed by atoms with Gasteiger partial charge in [0.2, 0.25) is 0 Å². The molecule has 0 heterocycles. The highest BCUT2D eigenvalue weighted by Crippen LogP contribution is 2.41. The summed E-state index contributed by atoms with van der Waals surface area (Å²) in [4.78, 5) is 0. The van der Waals surface area contributed by atoms with E-state index in [1.807, 2.05) is 0 Å². The Morgan fingerprint density at radius 1 is 1.18 bits per heavy atom. The van der Waals surface area contributed by atoms with Crippen LogP contribution in [0.25, 0.3) is 0 Å². The summed E-state index contributed by atoms with van der Waals surface area (Å²) in [5.74, 6) is -0.668. The lowest BCUT2D eigenvalue weighted by Gasteiger charge is -2.24. The Kier molecular flexibility index (Phi) is 3.52. The zero-order chi connectivity index (χ0) is 13.4. The number of rotatable bonds is 1. The predicted molar refractivity (Wildman–Crippen MR) is 58.5 cm³/mol. The van der Waals surface area contributed by atoms with E-state index in [1.165, 1.54) is 6.07 Å². The second kappa shape index (κ2) is 4.29. The van der Waals surface area contributed by atoms with Gasteiger partial charge in [-0.15, -0.1) is 13.2 Å². The van der Waals surface area contributed by atoms with Crippen LogP contribution in [-0.4, -0.2) is 11.5 Å². The van der Waals surface area contributed by atoms with Gasteiger partial charge in [-0.1, -0.05) is 32.4 Å². The van der Waals surface area contributed by atoms with Crippen LogP contribution < -0.4 is 4.74 Å². The molecule has 0 fully saturated rings. The van der Waals surface area contributed by atoms with Crippen LogP contribution in [0.1, 0.15) is 26.3 Å². The maximum atomic E-state index is 12.2. The first-order valence-corrected chi connectivity index (χ1v) is 5.17. The molecule has 0 amide bonds. The quantitative estimate of drug-likeness (QED) is 0.825. The first kappa shape index (κ1) is 14.0. The van der Waals surface area contributed by atoms with Crippen molar-refractivity contribution in [1.29, 1.82) is 0 Å². The van der Waals surface area contributed by atoms with E-state index in [1.54, 1.807) is 20.8 Å². The Morgan fingerprint density at radius 2 is 1.71 bits per heavy atom. The second-order valence-electron chi connectivity index (χ2n) is 4.60. The van der Waals surface area contributed by atoms with E-state index in [2.05, 4.69) is 4.74 Å². The van der Waals surface area contributed by atoms with Gasteiger partial charge in [0.1, 0.15) is 5.75 Å². The average Bonchev–Trinajstić information content (AvgIpc) is 2.05. The molecule has 0 aliphatic rings. The number of halogens is 4. The fourth-order valence-electron chi connectivity index (χ4n) is 1.36. The van der Waals surface area contributed by atoms with Crippen LogP contribution in [0.5, 0.6) is 11.5 Å². The van der Waals surface area contributed by atoms with Crippen molar-refractivity contribution in [3.8, 4) is 11.5 Å². The van der Waals surface area contributed by atoms with Gasteiger partial charge in [-0.2, -0.15) is 0 Å². The van der Waals surface area contributed by atoms with Crippen molar-refractivity contribution >= 4 is 11.6 Å². The lowest BCUT2D eigenvalue weighted by atomic mass is 9.86. The van der Waals surface area contributed by atoms with Gasteiger partial charge in [-0.25, -0.2) is 0 Å². The molecule has 0 aliphatic heterocycles. The fourth-order valence-corrected chi connectivity index (χ4v) is 1.61. The largest absolute Gasteiger partial charge is 0.573 e. The van der Waals surface area contributed by atoms with Gasteiger partial charge >= 0.3 is 6.36 Å². The molecule has 0 unspecified atom stereocenters. The summed E-state index contributed by atoms with van der Waals surface area (Å²) in [5, 5.41) is 9.09. The Bertz CT molecular complexity index is 422. The standard InChI is InChI=1S/C11H12ClF3O2/c1-10(2,3)7-4-6(16)5-8(12)9(7)17-11(13,14)15/h4-5,16H,1-3H3. The maximum Gasteiger partial charge on any atom is 0.573 e. The van der Waals surface area contributed by atoms with Gasteiger partial charge in [0.05, 0.1) is 5.02 Å². The minimum absolute atomic E-state index is 0.194. The predicted octanol–water partition coefficient (Wildman–Crippen LogP) is 4.24. The molecule has 2 nitrogen and oxygen atoms in total. The molecular weight excluding hydrogens is 257 g/mol. The number of phenols is 1. The topological polar surface area (TPSA) is 29.5 Å². The fraction of sp³-hybridized carbons (Fsp3) is 0.455. The minimum Gasteiger partial charge on any atom is -0.508 e. The summed E-state index contributed by atoms with van der Waals surface area (Å²) < 4.78 is 40.6. The SMILES string of the molecule is CC(C)(C)c1cc(O)cc(Cl)c1OC(F)(F)F. The first-order chi connectivity index (χ1) is 7.50. The van der Waals surface area contributed by atoms with E-state index >= 15 is 0 Å². The number of ether oxygens (including phenoxy) is 1. The van der Waals surface area contributed by atoms with Gasteiger partial charge in [0.25, 0.3) is 0 Å². The molecule has 1 aromatic carbocycles. The molecule has 0 aromatic heterocycles. The molecule has 96 valence electrons.